The minimum atomic E-state index is -0.509. The average molecular weight is 402 g/mol. The van der Waals surface area contributed by atoms with Gasteiger partial charge in [-0.15, -0.1) is 4.79 Å². The van der Waals surface area contributed by atoms with Crippen LogP contribution in [0.3, 0.4) is 0 Å². The van der Waals surface area contributed by atoms with Crippen LogP contribution in [0.1, 0.15) is 49.4 Å². The van der Waals surface area contributed by atoms with Gasteiger partial charge in [-0.3, -0.25) is 9.59 Å². The van der Waals surface area contributed by atoms with Gasteiger partial charge in [-0.1, -0.05) is 55.0 Å². The van der Waals surface area contributed by atoms with Crippen molar-refractivity contribution in [1.82, 2.24) is 9.89 Å². The second-order valence-corrected chi connectivity index (χ2v) is 8.71. The molecule has 1 unspecified atom stereocenters. The molecular weight excluding hydrogens is 376 g/mol. The van der Waals surface area contributed by atoms with Crippen LogP contribution in [0.4, 0.5) is 0 Å². The highest BCUT2D eigenvalue weighted by atomic mass is 16.2. The number of fused-ring (bicyclic) bond motifs is 3. The quantitative estimate of drug-likeness (QED) is 0.685. The third kappa shape index (κ3) is 3.41. The fraction of sp³-hybridized carbons (Fsp3) is 0.375. The van der Waals surface area contributed by atoms with Crippen molar-refractivity contribution >= 4 is 16.7 Å². The summed E-state index contributed by atoms with van der Waals surface area (Å²) >= 11 is 0. The van der Waals surface area contributed by atoms with E-state index in [0.717, 1.165) is 22.7 Å². The smallest absolute Gasteiger partial charge is 0.294 e. The molecule has 6 nitrogen and oxygen atoms in total. The topological polar surface area (TPSA) is 90.0 Å². The van der Waals surface area contributed by atoms with Crippen molar-refractivity contribution in [3.8, 4) is 0 Å². The standard InChI is InChI=1S/C24H26N4O2/c25-22(16-6-2-1-3-7-16)23-19-8-4-5-9-20(19)24(30)28(27-23)26-21(29)14-18-13-15-10-11-17(18)12-15/h1-9,15,17-18,22H,10-14,25H2,(H,26,29)/t15-,17+,18-,22?/m1/s1. The van der Waals surface area contributed by atoms with E-state index in [2.05, 4.69) is 10.5 Å². The van der Waals surface area contributed by atoms with E-state index in [0.29, 0.717) is 34.7 Å². The number of hydrogen-bond donors (Lipinski definition) is 2. The molecule has 0 spiro atoms. The normalized spacial score (nSPS) is 23.6. The first-order chi connectivity index (χ1) is 14.6. The summed E-state index contributed by atoms with van der Waals surface area (Å²) in [6, 6.07) is 16.4. The van der Waals surface area contributed by atoms with E-state index in [1.165, 1.54) is 19.3 Å². The Morgan fingerprint density at radius 2 is 1.80 bits per heavy atom. The Kier molecular flexibility index (Phi) is 4.87. The van der Waals surface area contributed by atoms with Crippen LogP contribution in [-0.4, -0.2) is 15.8 Å². The summed E-state index contributed by atoms with van der Waals surface area (Å²) in [7, 11) is 0. The maximum atomic E-state index is 13.0. The molecule has 2 saturated carbocycles. The van der Waals surface area contributed by atoms with Crippen molar-refractivity contribution in [2.75, 3.05) is 5.43 Å². The van der Waals surface area contributed by atoms with Crippen molar-refractivity contribution in [3.63, 3.8) is 0 Å². The lowest BCUT2D eigenvalue weighted by Crippen LogP contribution is -2.37. The van der Waals surface area contributed by atoms with Gasteiger partial charge in [0.15, 0.2) is 0 Å². The Hall–Kier alpha value is -2.99. The molecule has 3 aromatic rings. The first-order valence-corrected chi connectivity index (χ1v) is 10.7. The maximum Gasteiger partial charge on any atom is 0.294 e. The molecule has 6 heteroatoms. The summed E-state index contributed by atoms with van der Waals surface area (Å²) in [5, 5.41) is 5.69. The van der Waals surface area contributed by atoms with E-state index in [9.17, 15) is 9.59 Å². The van der Waals surface area contributed by atoms with Gasteiger partial charge in [0.2, 0.25) is 5.91 Å². The van der Waals surface area contributed by atoms with Crippen LogP contribution in [0.5, 0.6) is 0 Å². The van der Waals surface area contributed by atoms with E-state index in [4.69, 9.17) is 5.73 Å². The van der Waals surface area contributed by atoms with Gasteiger partial charge < -0.3 is 5.73 Å². The van der Waals surface area contributed by atoms with Gasteiger partial charge in [-0.05, 0) is 48.6 Å². The van der Waals surface area contributed by atoms with Gasteiger partial charge in [-0.2, -0.15) is 5.10 Å². The number of carbonyl (C=O) groups is 1. The van der Waals surface area contributed by atoms with Crippen LogP contribution in [0.2, 0.25) is 0 Å². The average Bonchev–Trinajstić information content (AvgIpc) is 3.39. The van der Waals surface area contributed by atoms with Crippen LogP contribution in [0.25, 0.3) is 10.8 Å². The lowest BCUT2D eigenvalue weighted by molar-refractivity contribution is -0.118. The second-order valence-electron chi connectivity index (χ2n) is 8.71. The fourth-order valence-corrected chi connectivity index (χ4v) is 5.37. The van der Waals surface area contributed by atoms with Crippen LogP contribution < -0.4 is 16.7 Å². The number of amides is 1. The molecule has 2 aliphatic rings. The van der Waals surface area contributed by atoms with Gasteiger partial charge in [0, 0.05) is 11.8 Å². The number of hydrogen-bond acceptors (Lipinski definition) is 4. The summed E-state index contributed by atoms with van der Waals surface area (Å²) in [6.07, 6.45) is 5.36. The Bertz CT molecular complexity index is 1140. The number of nitrogens with two attached hydrogens (primary N) is 1. The molecule has 2 bridgehead atoms. The molecular formula is C24H26N4O2. The predicted octanol–water partition coefficient (Wildman–Crippen LogP) is 3.34. The molecule has 0 saturated heterocycles. The third-order valence-electron chi connectivity index (χ3n) is 6.85. The van der Waals surface area contributed by atoms with Crippen LogP contribution in [0, 0.1) is 17.8 Å². The van der Waals surface area contributed by atoms with Crippen LogP contribution in [-0.2, 0) is 4.79 Å². The summed E-state index contributed by atoms with van der Waals surface area (Å²) in [5.74, 6) is 1.71. The van der Waals surface area contributed by atoms with E-state index in [1.807, 2.05) is 48.5 Å². The lowest BCUT2D eigenvalue weighted by atomic mass is 9.86. The molecule has 5 rings (SSSR count). The summed E-state index contributed by atoms with van der Waals surface area (Å²) < 4.78 is 0. The number of nitrogens with zero attached hydrogens (tertiary/aromatic N) is 2. The molecule has 4 atom stereocenters. The highest BCUT2D eigenvalue weighted by Crippen LogP contribution is 2.49. The first-order valence-electron chi connectivity index (χ1n) is 10.7. The van der Waals surface area contributed by atoms with Gasteiger partial charge in [0.25, 0.3) is 5.56 Å². The zero-order valence-electron chi connectivity index (χ0n) is 16.8. The van der Waals surface area contributed by atoms with E-state index in [1.54, 1.807) is 6.07 Å². The number of rotatable bonds is 5. The number of nitrogens with one attached hydrogen (secondary N) is 1. The van der Waals surface area contributed by atoms with Crippen molar-refractivity contribution in [2.45, 2.75) is 38.1 Å². The molecule has 154 valence electrons. The van der Waals surface area contributed by atoms with Crippen LogP contribution in [0.15, 0.2) is 59.4 Å². The molecule has 0 radical (unpaired) electrons. The molecule has 1 heterocycles. The second kappa shape index (κ2) is 7.69. The molecule has 30 heavy (non-hydrogen) atoms. The largest absolute Gasteiger partial charge is 0.319 e. The molecule has 2 aromatic carbocycles. The Morgan fingerprint density at radius 3 is 2.50 bits per heavy atom. The molecule has 2 aliphatic carbocycles. The molecule has 1 aromatic heterocycles. The summed E-state index contributed by atoms with van der Waals surface area (Å²) in [6.45, 7) is 0. The maximum absolute atomic E-state index is 13.0. The van der Waals surface area contributed by atoms with Gasteiger partial charge >= 0.3 is 0 Å². The molecule has 2 fully saturated rings. The molecule has 3 N–H and O–H groups in total. The monoisotopic (exact) mass is 402 g/mol. The number of aromatic nitrogens is 2. The summed E-state index contributed by atoms with van der Waals surface area (Å²) in [5.41, 5.74) is 10.4. The highest BCUT2D eigenvalue weighted by Gasteiger charge is 2.40. The first kappa shape index (κ1) is 19.0. The highest BCUT2D eigenvalue weighted by molar-refractivity contribution is 5.86. The zero-order chi connectivity index (χ0) is 20.7. The van der Waals surface area contributed by atoms with Gasteiger partial charge in [-0.25, -0.2) is 5.43 Å². The predicted molar refractivity (Wildman–Crippen MR) is 116 cm³/mol. The van der Waals surface area contributed by atoms with Crippen molar-refractivity contribution < 1.29 is 4.79 Å². The summed E-state index contributed by atoms with van der Waals surface area (Å²) in [4.78, 5) is 26.8. The Labute approximate surface area is 175 Å². The van der Waals surface area contributed by atoms with Gasteiger partial charge in [0.1, 0.15) is 0 Å². The van der Waals surface area contributed by atoms with E-state index < -0.39 is 6.04 Å². The van der Waals surface area contributed by atoms with E-state index >= 15 is 0 Å². The fourth-order valence-electron chi connectivity index (χ4n) is 5.37. The van der Waals surface area contributed by atoms with Crippen molar-refractivity contribution in [2.24, 2.45) is 23.5 Å². The number of benzene rings is 2. The third-order valence-corrected chi connectivity index (χ3v) is 6.85. The lowest BCUT2D eigenvalue weighted by Gasteiger charge is -2.21. The Balaban J connectivity index is 1.47. The SMILES string of the molecule is NC(c1ccccc1)c1nn(NC(=O)C[C@H]2C[C@@H]3CC[C@H]2C3)c(=O)c2ccccc12. The minimum Gasteiger partial charge on any atom is -0.319 e. The minimum absolute atomic E-state index is 0.156. The molecule has 0 aliphatic heterocycles. The molecule has 1 amide bonds. The van der Waals surface area contributed by atoms with Crippen molar-refractivity contribution in [3.05, 3.63) is 76.2 Å². The van der Waals surface area contributed by atoms with Crippen molar-refractivity contribution in [1.29, 1.82) is 0 Å². The number of carbonyl (C=O) groups excluding carboxylic acids is 1. The van der Waals surface area contributed by atoms with E-state index in [-0.39, 0.29) is 11.5 Å². The zero-order valence-corrected chi connectivity index (χ0v) is 16.8. The van der Waals surface area contributed by atoms with Crippen LogP contribution >= 0.6 is 0 Å². The van der Waals surface area contributed by atoms with Gasteiger partial charge in [0.05, 0.1) is 17.1 Å². The Morgan fingerprint density at radius 1 is 1.07 bits per heavy atom.